The topological polar surface area (TPSA) is 88.4 Å². The average Bonchev–Trinajstić information content (AvgIpc) is 3.29. The summed E-state index contributed by atoms with van der Waals surface area (Å²) < 4.78 is 42.1. The summed E-state index contributed by atoms with van der Waals surface area (Å²) in [6.45, 7) is 2.06. The molecule has 1 aromatic carbocycles. The van der Waals surface area contributed by atoms with Gasteiger partial charge in [0.15, 0.2) is 5.82 Å². The SMILES string of the molecule is O=C(Nc1ccc(OC(F)(F)F)cc1)N1CCN(c2cc(-n3cccn3)ncn2)CC1. The lowest BCUT2D eigenvalue weighted by atomic mass is 10.3. The van der Waals surface area contributed by atoms with Gasteiger partial charge in [-0.05, 0) is 30.3 Å². The van der Waals surface area contributed by atoms with E-state index in [4.69, 9.17) is 0 Å². The quantitative estimate of drug-likeness (QED) is 0.681. The van der Waals surface area contributed by atoms with Crippen LogP contribution in [0.5, 0.6) is 5.75 Å². The molecule has 0 unspecified atom stereocenters. The van der Waals surface area contributed by atoms with Gasteiger partial charge in [0, 0.05) is 50.3 Å². The number of carbonyl (C=O) groups excluding carboxylic acids is 1. The molecule has 1 saturated heterocycles. The molecule has 2 aromatic heterocycles. The molecule has 3 aromatic rings. The third kappa shape index (κ3) is 5.21. The van der Waals surface area contributed by atoms with E-state index >= 15 is 0 Å². The third-order valence-electron chi connectivity index (χ3n) is 4.61. The van der Waals surface area contributed by atoms with Crippen LogP contribution in [-0.2, 0) is 0 Å². The van der Waals surface area contributed by atoms with Crippen LogP contribution in [0.2, 0.25) is 0 Å². The van der Waals surface area contributed by atoms with Gasteiger partial charge in [-0.1, -0.05) is 0 Å². The highest BCUT2D eigenvalue weighted by Crippen LogP contribution is 2.24. The van der Waals surface area contributed by atoms with Gasteiger partial charge in [-0.25, -0.2) is 19.4 Å². The fourth-order valence-corrected chi connectivity index (χ4v) is 3.12. The monoisotopic (exact) mass is 433 g/mol. The minimum absolute atomic E-state index is 0.330. The van der Waals surface area contributed by atoms with Gasteiger partial charge in [-0.15, -0.1) is 13.2 Å². The number of anilines is 2. The molecule has 0 radical (unpaired) electrons. The van der Waals surface area contributed by atoms with E-state index in [0.29, 0.717) is 37.7 Å². The van der Waals surface area contributed by atoms with Crippen molar-refractivity contribution in [3.63, 3.8) is 0 Å². The molecular formula is C19H18F3N7O2. The summed E-state index contributed by atoms with van der Waals surface area (Å²) in [5.41, 5.74) is 0.376. The Balaban J connectivity index is 1.32. The third-order valence-corrected chi connectivity index (χ3v) is 4.61. The highest BCUT2D eigenvalue weighted by molar-refractivity contribution is 5.89. The largest absolute Gasteiger partial charge is 0.573 e. The van der Waals surface area contributed by atoms with Crippen molar-refractivity contribution in [2.45, 2.75) is 6.36 Å². The summed E-state index contributed by atoms with van der Waals surface area (Å²) >= 11 is 0. The van der Waals surface area contributed by atoms with Crippen molar-refractivity contribution in [1.82, 2.24) is 24.6 Å². The number of nitrogens with one attached hydrogen (secondary N) is 1. The number of nitrogens with zero attached hydrogens (tertiary/aromatic N) is 6. The first-order chi connectivity index (χ1) is 14.9. The minimum Gasteiger partial charge on any atom is -0.406 e. The zero-order valence-electron chi connectivity index (χ0n) is 16.2. The van der Waals surface area contributed by atoms with Crippen LogP contribution in [0, 0.1) is 0 Å². The fourth-order valence-electron chi connectivity index (χ4n) is 3.12. The maximum atomic E-state index is 12.5. The number of hydrogen-bond donors (Lipinski definition) is 1. The van der Waals surface area contributed by atoms with Gasteiger partial charge in [0.2, 0.25) is 0 Å². The van der Waals surface area contributed by atoms with Crippen molar-refractivity contribution in [2.75, 3.05) is 36.4 Å². The highest BCUT2D eigenvalue weighted by atomic mass is 19.4. The number of alkyl halides is 3. The number of aromatic nitrogens is 4. The van der Waals surface area contributed by atoms with Gasteiger partial charge in [0.25, 0.3) is 0 Å². The molecule has 1 aliphatic rings. The molecule has 0 aliphatic carbocycles. The Morgan fingerprint density at radius 1 is 1.03 bits per heavy atom. The van der Waals surface area contributed by atoms with E-state index in [1.807, 2.05) is 11.0 Å². The zero-order valence-corrected chi connectivity index (χ0v) is 16.2. The molecule has 0 bridgehead atoms. The van der Waals surface area contributed by atoms with E-state index in [9.17, 15) is 18.0 Å². The maximum Gasteiger partial charge on any atom is 0.573 e. The van der Waals surface area contributed by atoms with Crippen molar-refractivity contribution >= 4 is 17.5 Å². The molecule has 1 N–H and O–H groups in total. The smallest absolute Gasteiger partial charge is 0.406 e. The number of benzene rings is 1. The number of amides is 2. The van der Waals surface area contributed by atoms with Crippen LogP contribution < -0.4 is 15.0 Å². The van der Waals surface area contributed by atoms with Crippen molar-refractivity contribution in [2.24, 2.45) is 0 Å². The predicted octanol–water partition coefficient (Wildman–Crippen LogP) is 2.92. The first-order valence-corrected chi connectivity index (χ1v) is 9.36. The summed E-state index contributed by atoms with van der Waals surface area (Å²) in [5, 5.41) is 6.83. The molecule has 1 fully saturated rings. The molecule has 9 nitrogen and oxygen atoms in total. The summed E-state index contributed by atoms with van der Waals surface area (Å²) in [7, 11) is 0. The molecular weight excluding hydrogens is 415 g/mol. The Kier molecular flexibility index (Phi) is 5.60. The second-order valence-corrected chi connectivity index (χ2v) is 6.66. The molecule has 162 valence electrons. The molecule has 0 atom stereocenters. The van der Waals surface area contributed by atoms with Crippen molar-refractivity contribution in [1.29, 1.82) is 0 Å². The molecule has 2 amide bonds. The first-order valence-electron chi connectivity index (χ1n) is 9.36. The molecule has 4 rings (SSSR count). The Bertz CT molecular complexity index is 1020. The number of rotatable bonds is 4. The Hall–Kier alpha value is -3.83. The highest BCUT2D eigenvalue weighted by Gasteiger charge is 2.31. The van der Waals surface area contributed by atoms with Gasteiger partial charge in [0.05, 0.1) is 0 Å². The summed E-state index contributed by atoms with van der Waals surface area (Å²) in [6.07, 6.45) is 0.164. The predicted molar refractivity (Wildman–Crippen MR) is 105 cm³/mol. The Morgan fingerprint density at radius 2 is 1.74 bits per heavy atom. The van der Waals surface area contributed by atoms with E-state index < -0.39 is 6.36 Å². The van der Waals surface area contributed by atoms with E-state index in [1.54, 1.807) is 28.0 Å². The van der Waals surface area contributed by atoms with Gasteiger partial charge in [0.1, 0.15) is 17.9 Å². The second-order valence-electron chi connectivity index (χ2n) is 6.66. The van der Waals surface area contributed by atoms with Crippen LogP contribution in [-0.4, -0.2) is 63.2 Å². The maximum absolute atomic E-state index is 12.5. The van der Waals surface area contributed by atoms with Crippen molar-refractivity contribution in [3.05, 3.63) is 55.1 Å². The normalized spacial score (nSPS) is 14.4. The molecule has 12 heteroatoms. The summed E-state index contributed by atoms with van der Waals surface area (Å²) in [5.74, 6) is 1.03. The van der Waals surface area contributed by atoms with Crippen LogP contribution in [0.15, 0.2) is 55.1 Å². The van der Waals surface area contributed by atoms with Gasteiger partial charge < -0.3 is 19.9 Å². The van der Waals surface area contributed by atoms with Crippen LogP contribution >= 0.6 is 0 Å². The van der Waals surface area contributed by atoms with Gasteiger partial charge >= 0.3 is 12.4 Å². The van der Waals surface area contributed by atoms with Crippen LogP contribution in [0.4, 0.5) is 29.5 Å². The molecule has 0 spiro atoms. The van der Waals surface area contributed by atoms with Gasteiger partial charge in [-0.2, -0.15) is 5.10 Å². The molecule has 31 heavy (non-hydrogen) atoms. The number of piperazine rings is 1. The lowest BCUT2D eigenvalue weighted by Gasteiger charge is -2.35. The average molecular weight is 433 g/mol. The number of ether oxygens (including phenoxy) is 1. The fraction of sp³-hybridized carbons (Fsp3) is 0.263. The zero-order chi connectivity index (χ0) is 21.8. The molecule has 0 saturated carbocycles. The van der Waals surface area contributed by atoms with Crippen LogP contribution in [0.3, 0.4) is 0 Å². The van der Waals surface area contributed by atoms with E-state index in [0.717, 1.165) is 18.0 Å². The number of halogens is 3. The second kappa shape index (κ2) is 8.50. The van der Waals surface area contributed by atoms with Crippen LogP contribution in [0.1, 0.15) is 0 Å². The lowest BCUT2D eigenvalue weighted by Crippen LogP contribution is -2.50. The van der Waals surface area contributed by atoms with Crippen molar-refractivity contribution < 1.29 is 22.7 Å². The van der Waals surface area contributed by atoms with E-state index in [1.165, 1.54) is 18.5 Å². The number of carbonyl (C=O) groups is 1. The first kappa shape index (κ1) is 20.4. The van der Waals surface area contributed by atoms with Crippen LogP contribution in [0.25, 0.3) is 5.82 Å². The Labute approximate surface area is 175 Å². The van der Waals surface area contributed by atoms with Gasteiger partial charge in [-0.3, -0.25) is 0 Å². The van der Waals surface area contributed by atoms with E-state index in [-0.39, 0.29) is 11.8 Å². The number of hydrogen-bond acceptors (Lipinski definition) is 6. The summed E-state index contributed by atoms with van der Waals surface area (Å²) in [4.78, 5) is 24.7. The standard InChI is InChI=1S/C19H18F3N7O2/c20-19(21,22)31-15-4-2-14(3-5-15)26-18(30)28-10-8-27(9-11-28)16-12-17(24-13-23-16)29-7-1-6-25-29/h1-7,12-13H,8-11H2,(H,26,30). The minimum atomic E-state index is -4.76. The van der Waals surface area contributed by atoms with Crippen molar-refractivity contribution in [3.8, 4) is 11.6 Å². The molecule has 3 heterocycles. The van der Waals surface area contributed by atoms with E-state index in [2.05, 4.69) is 25.1 Å². The Morgan fingerprint density at radius 3 is 2.39 bits per heavy atom. The molecule has 1 aliphatic heterocycles. The number of urea groups is 1. The lowest BCUT2D eigenvalue weighted by molar-refractivity contribution is -0.274. The summed E-state index contributed by atoms with van der Waals surface area (Å²) in [6, 6.07) is 8.30.